The molecule has 9 heteroatoms. The summed E-state index contributed by atoms with van der Waals surface area (Å²) in [5.41, 5.74) is 4.41. The van der Waals surface area contributed by atoms with Crippen molar-refractivity contribution in [2.45, 2.75) is 26.7 Å². The quantitative estimate of drug-likeness (QED) is 0.102. The molecule has 0 spiro atoms. The van der Waals surface area contributed by atoms with Crippen molar-refractivity contribution in [1.82, 2.24) is 0 Å². The minimum Gasteiger partial charge on any atom is -0.492 e. The molecule has 0 aromatic heterocycles. The summed E-state index contributed by atoms with van der Waals surface area (Å²) in [6.45, 7) is 5.93. The zero-order valence-electron chi connectivity index (χ0n) is 29.5. The number of hydrogen-bond donors (Lipinski definition) is 0. The van der Waals surface area contributed by atoms with E-state index < -0.39 is 23.3 Å². The molecule has 2 aliphatic heterocycles. The molecule has 0 bridgehead atoms. The Balaban J connectivity index is 0.000000184. The first-order valence-electron chi connectivity index (χ1n) is 16.8. The SMILES string of the molecule is Cc1ccc(N(CC2=CCO2)c2ccc(F)[c-]c2F)cc1.Cc1ccc(N(CC2=CCO2)c2ccc(F)[c-]c2F)cc1.[C-]1=CC=CC1.[C-]1=CC=CC1.[Ti+4]. The van der Waals surface area contributed by atoms with Crippen LogP contribution in [-0.2, 0) is 31.2 Å². The van der Waals surface area contributed by atoms with Crippen LogP contribution in [0.25, 0.3) is 0 Å². The third kappa shape index (κ3) is 12.5. The topological polar surface area (TPSA) is 24.9 Å². The summed E-state index contributed by atoms with van der Waals surface area (Å²) < 4.78 is 64.8. The Bertz CT molecular complexity index is 1810. The van der Waals surface area contributed by atoms with Crippen LogP contribution in [0, 0.1) is 61.4 Å². The Morgan fingerprint density at radius 1 is 0.566 bits per heavy atom. The van der Waals surface area contributed by atoms with Crippen LogP contribution in [0.1, 0.15) is 24.0 Å². The Morgan fingerprint density at radius 3 is 1.19 bits per heavy atom. The molecule has 2 heterocycles. The van der Waals surface area contributed by atoms with Crippen molar-refractivity contribution in [3.05, 3.63) is 192 Å². The summed E-state index contributed by atoms with van der Waals surface area (Å²) in [6, 6.07) is 24.8. The fourth-order valence-corrected chi connectivity index (χ4v) is 4.98. The fraction of sp³-hybridized carbons (Fsp3) is 0.182. The van der Waals surface area contributed by atoms with Crippen molar-refractivity contribution in [2.75, 3.05) is 36.1 Å². The van der Waals surface area contributed by atoms with E-state index in [9.17, 15) is 17.6 Å². The van der Waals surface area contributed by atoms with E-state index in [1.54, 1.807) is 9.80 Å². The van der Waals surface area contributed by atoms with Crippen LogP contribution in [0.5, 0.6) is 0 Å². The number of halogens is 4. The monoisotopic (exact) mass is 750 g/mol. The number of benzene rings is 4. The molecule has 0 atom stereocenters. The zero-order valence-corrected chi connectivity index (χ0v) is 31.1. The van der Waals surface area contributed by atoms with Gasteiger partial charge >= 0.3 is 21.7 Å². The normalized spacial score (nSPS) is 13.8. The van der Waals surface area contributed by atoms with Gasteiger partial charge in [-0.2, -0.15) is 12.2 Å². The van der Waals surface area contributed by atoms with Crippen LogP contribution >= 0.6 is 0 Å². The Morgan fingerprint density at radius 2 is 0.943 bits per heavy atom. The van der Waals surface area contributed by atoms with Gasteiger partial charge in [-0.05, 0) is 61.6 Å². The molecule has 0 fully saturated rings. The average molecular weight is 751 g/mol. The molecule has 4 aliphatic rings. The number of nitrogens with zero attached hydrogens (tertiary/aromatic N) is 2. The predicted molar refractivity (Wildman–Crippen MR) is 198 cm³/mol. The molecule has 0 saturated carbocycles. The zero-order chi connectivity index (χ0) is 36.7. The minimum atomic E-state index is -0.713. The molecule has 0 N–H and O–H groups in total. The summed E-state index contributed by atoms with van der Waals surface area (Å²) in [7, 11) is 0. The van der Waals surface area contributed by atoms with Gasteiger partial charge in [0.25, 0.3) is 0 Å². The van der Waals surface area contributed by atoms with Gasteiger partial charge < -0.3 is 19.3 Å². The van der Waals surface area contributed by atoms with E-state index >= 15 is 0 Å². The van der Waals surface area contributed by atoms with Gasteiger partial charge in [0.15, 0.2) is 0 Å². The molecule has 0 amide bonds. The largest absolute Gasteiger partial charge is 4.00 e. The van der Waals surface area contributed by atoms with E-state index in [1.807, 2.05) is 98.8 Å². The Hall–Kier alpha value is -5.05. The van der Waals surface area contributed by atoms with E-state index in [0.29, 0.717) is 26.3 Å². The third-order valence-corrected chi connectivity index (χ3v) is 7.92. The average Bonchev–Trinajstić information content (AvgIpc) is 3.87. The third-order valence-electron chi connectivity index (χ3n) is 7.92. The maximum absolute atomic E-state index is 14.0. The van der Waals surface area contributed by atoms with Crippen LogP contribution in [0.3, 0.4) is 0 Å². The molecule has 4 nitrogen and oxygen atoms in total. The first kappa shape index (κ1) is 40.7. The van der Waals surface area contributed by atoms with Crippen LogP contribution in [-0.4, -0.2) is 26.3 Å². The number of anilines is 4. The number of hydrogen-bond acceptors (Lipinski definition) is 4. The van der Waals surface area contributed by atoms with Crippen molar-refractivity contribution >= 4 is 22.7 Å². The standard InChI is InChI=1S/2C17H14F2NO.2C5H5.Ti/c2*1-12-2-5-14(6-3-12)20(11-15-8-9-21-15)17-7-4-13(18)10-16(17)19;2*1-2-4-5-3-1;/h2*2-8H,9,11H2,1H3;2*1-3H,4H2;/q4*-1;+4. The molecule has 2 aliphatic carbocycles. The van der Waals surface area contributed by atoms with Crippen LogP contribution in [0.15, 0.2) is 133 Å². The van der Waals surface area contributed by atoms with Crippen molar-refractivity contribution in [3.8, 4) is 0 Å². The predicted octanol–water partition coefficient (Wildman–Crippen LogP) is 10.9. The van der Waals surface area contributed by atoms with E-state index in [2.05, 4.69) is 36.4 Å². The Kier molecular flexibility index (Phi) is 16.0. The van der Waals surface area contributed by atoms with Gasteiger partial charge in [-0.15, -0.1) is 49.2 Å². The van der Waals surface area contributed by atoms with Gasteiger partial charge in [-0.1, -0.05) is 35.4 Å². The van der Waals surface area contributed by atoms with Crippen LogP contribution in [0.4, 0.5) is 40.3 Å². The van der Waals surface area contributed by atoms with Crippen LogP contribution in [0.2, 0.25) is 0 Å². The summed E-state index contributed by atoms with van der Waals surface area (Å²) in [5, 5.41) is 0. The fourth-order valence-electron chi connectivity index (χ4n) is 4.98. The van der Waals surface area contributed by atoms with Gasteiger partial charge in [0.2, 0.25) is 0 Å². The minimum absolute atomic E-state index is 0. The van der Waals surface area contributed by atoms with E-state index in [0.717, 1.165) is 46.9 Å². The smallest absolute Gasteiger partial charge is 0.492 e. The van der Waals surface area contributed by atoms with Crippen molar-refractivity contribution in [3.63, 3.8) is 0 Å². The van der Waals surface area contributed by atoms with Gasteiger partial charge in [0.1, 0.15) is 24.7 Å². The molecule has 0 unspecified atom stereocenters. The second-order valence-electron chi connectivity index (χ2n) is 11.8. The number of ether oxygens (including phenoxy) is 2. The molecule has 53 heavy (non-hydrogen) atoms. The molecular formula is C44H38F4N2O2Ti. The Labute approximate surface area is 324 Å². The molecule has 4 aromatic rings. The maximum atomic E-state index is 14.0. The van der Waals surface area contributed by atoms with Crippen LogP contribution < -0.4 is 9.80 Å². The van der Waals surface area contributed by atoms with E-state index in [-0.39, 0.29) is 33.1 Å². The second kappa shape index (κ2) is 20.9. The van der Waals surface area contributed by atoms with Crippen molar-refractivity contribution in [2.24, 2.45) is 0 Å². The molecule has 0 saturated heterocycles. The van der Waals surface area contributed by atoms with Crippen molar-refractivity contribution < 1.29 is 48.8 Å². The molecule has 0 radical (unpaired) electrons. The first-order chi connectivity index (χ1) is 25.3. The first-order valence-corrected chi connectivity index (χ1v) is 16.8. The number of aryl methyl sites for hydroxylation is 2. The maximum Gasteiger partial charge on any atom is 4.00 e. The molecule has 4 aromatic carbocycles. The molecule has 268 valence electrons. The van der Waals surface area contributed by atoms with Gasteiger partial charge in [0.05, 0.1) is 13.1 Å². The summed E-state index contributed by atoms with van der Waals surface area (Å²) >= 11 is 0. The van der Waals surface area contributed by atoms with Gasteiger partial charge in [-0.25, -0.2) is 41.9 Å². The number of allylic oxidation sites excluding steroid dienone is 8. The van der Waals surface area contributed by atoms with Gasteiger partial charge in [0, 0.05) is 34.6 Å². The summed E-state index contributed by atoms with van der Waals surface area (Å²) in [5.74, 6) is -1.29. The van der Waals surface area contributed by atoms with Gasteiger partial charge in [-0.3, -0.25) is 12.2 Å². The second-order valence-corrected chi connectivity index (χ2v) is 11.8. The van der Waals surface area contributed by atoms with Crippen molar-refractivity contribution in [1.29, 1.82) is 0 Å². The van der Waals surface area contributed by atoms with E-state index in [1.165, 1.54) is 24.3 Å². The molecular weight excluding hydrogens is 712 g/mol. The summed E-state index contributed by atoms with van der Waals surface area (Å²) in [6.07, 6.45) is 23.9. The summed E-state index contributed by atoms with van der Waals surface area (Å²) in [4.78, 5) is 3.49. The number of rotatable bonds is 8. The van der Waals surface area contributed by atoms with E-state index in [4.69, 9.17) is 9.47 Å². The molecule has 8 rings (SSSR count).